The van der Waals surface area contributed by atoms with Crippen LogP contribution in [0.2, 0.25) is 0 Å². The molecule has 2 aliphatic heterocycles. The molecule has 2 aromatic heterocycles. The predicted octanol–water partition coefficient (Wildman–Crippen LogP) is 4.60. The smallest absolute Gasteiger partial charge is 0.475 e. The third-order valence-electron chi connectivity index (χ3n) is 6.77. The van der Waals surface area contributed by atoms with Crippen LogP contribution >= 0.6 is 11.3 Å². The molecule has 0 saturated carbocycles. The number of hydrogen-bond acceptors (Lipinski definition) is 8. The monoisotopic (exact) mass is 553 g/mol. The Kier molecular flexibility index (Phi) is 8.56. The van der Waals surface area contributed by atoms with Gasteiger partial charge in [0.15, 0.2) is 5.58 Å². The van der Waals surface area contributed by atoms with Gasteiger partial charge in [-0.05, 0) is 50.9 Å². The highest BCUT2D eigenvalue weighted by Crippen LogP contribution is 2.34. The molecule has 5 rings (SSSR count). The van der Waals surface area contributed by atoms with Gasteiger partial charge in [-0.1, -0.05) is 12.1 Å². The number of aromatic nitrogens is 2. The van der Waals surface area contributed by atoms with Gasteiger partial charge < -0.3 is 24.3 Å². The maximum absolute atomic E-state index is 13.0. The minimum atomic E-state index is -5.08. The Bertz CT molecular complexity index is 1270. The Morgan fingerprint density at radius 3 is 2.50 bits per heavy atom. The molecule has 9 nitrogen and oxygen atoms in total. The van der Waals surface area contributed by atoms with Crippen molar-refractivity contribution in [1.29, 1.82) is 0 Å². The summed E-state index contributed by atoms with van der Waals surface area (Å²) in [7, 11) is 2.10. The maximum atomic E-state index is 13.0. The van der Waals surface area contributed by atoms with E-state index in [-0.39, 0.29) is 5.91 Å². The van der Waals surface area contributed by atoms with Crippen molar-refractivity contribution >= 4 is 39.9 Å². The number of carboxylic acids is 1. The molecule has 1 aromatic carbocycles. The number of carboxylic acid groups (broad SMARTS) is 1. The standard InChI is InChI=1S/C23H29N5O2S.C2HF3O2/c1-16-6-10-27(11-7-16)17-4-5-18-19(14-17)30-25-21(18)22-24-15-20(31-22)23(29)28-9-3-8-26(2)12-13-28;3-2(4,5)1(6)7/h4-5,14-16H,3,6-13H2,1-2H3;(H,6,7). The molecule has 1 N–H and O–H groups in total. The molecular formula is C25H30F3N5O4S. The number of piperidine rings is 1. The Hall–Kier alpha value is -3.19. The van der Waals surface area contributed by atoms with Gasteiger partial charge in [-0.25, -0.2) is 9.78 Å². The number of nitrogens with zero attached hydrogens (tertiary/aromatic N) is 5. The lowest BCUT2D eigenvalue weighted by Gasteiger charge is -2.32. The summed E-state index contributed by atoms with van der Waals surface area (Å²) >= 11 is 1.40. The van der Waals surface area contributed by atoms with E-state index in [1.165, 1.54) is 29.9 Å². The molecule has 206 valence electrons. The topological polar surface area (TPSA) is 103 Å². The van der Waals surface area contributed by atoms with Crippen molar-refractivity contribution in [3.8, 4) is 10.7 Å². The highest BCUT2D eigenvalue weighted by molar-refractivity contribution is 7.17. The van der Waals surface area contributed by atoms with Crippen LogP contribution in [0.3, 0.4) is 0 Å². The molecule has 2 fully saturated rings. The molecule has 0 atom stereocenters. The van der Waals surface area contributed by atoms with Crippen molar-refractivity contribution in [2.75, 3.05) is 51.2 Å². The lowest BCUT2D eigenvalue weighted by atomic mass is 9.99. The molecule has 0 radical (unpaired) electrons. The van der Waals surface area contributed by atoms with Crippen LogP contribution in [0.15, 0.2) is 28.9 Å². The number of carbonyl (C=O) groups excluding carboxylic acids is 1. The predicted molar refractivity (Wildman–Crippen MR) is 137 cm³/mol. The Balaban J connectivity index is 0.000000426. The van der Waals surface area contributed by atoms with E-state index < -0.39 is 12.1 Å². The normalized spacial score (nSPS) is 17.7. The van der Waals surface area contributed by atoms with Crippen molar-refractivity contribution < 1.29 is 32.4 Å². The number of likely N-dealkylation sites (N-methyl/N-ethyl adjacent to an activating group) is 1. The second-order valence-corrected chi connectivity index (χ2v) is 10.7. The SMILES string of the molecule is CC1CCN(c2ccc3c(-c4ncc(C(=O)N5CCCN(C)CC5)s4)noc3c2)CC1.O=C(O)C(F)(F)F. The van der Waals surface area contributed by atoms with E-state index >= 15 is 0 Å². The first-order chi connectivity index (χ1) is 18.0. The number of anilines is 1. The largest absolute Gasteiger partial charge is 0.490 e. The van der Waals surface area contributed by atoms with E-state index in [0.717, 1.165) is 67.6 Å². The molecule has 2 aliphatic rings. The summed E-state index contributed by atoms with van der Waals surface area (Å²) in [6.45, 7) is 7.97. The summed E-state index contributed by atoms with van der Waals surface area (Å²) in [5.74, 6) is -1.89. The zero-order chi connectivity index (χ0) is 27.4. The zero-order valence-electron chi connectivity index (χ0n) is 21.2. The lowest BCUT2D eigenvalue weighted by Crippen LogP contribution is -2.34. The van der Waals surface area contributed by atoms with Crippen LogP contribution in [0.5, 0.6) is 0 Å². The quantitative estimate of drug-likeness (QED) is 0.502. The van der Waals surface area contributed by atoms with Crippen LogP contribution in [0, 0.1) is 5.92 Å². The second kappa shape index (κ2) is 11.7. The number of thiazole rings is 1. The third kappa shape index (κ3) is 6.62. The molecule has 3 aromatic rings. The van der Waals surface area contributed by atoms with E-state index in [9.17, 15) is 18.0 Å². The first-order valence-electron chi connectivity index (χ1n) is 12.4. The summed E-state index contributed by atoms with van der Waals surface area (Å²) in [5.41, 5.74) is 2.67. The molecule has 0 bridgehead atoms. The summed E-state index contributed by atoms with van der Waals surface area (Å²) in [6.07, 6.45) is 0.0483. The van der Waals surface area contributed by atoms with Gasteiger partial charge in [0.05, 0.1) is 11.6 Å². The number of amides is 1. The van der Waals surface area contributed by atoms with Crippen molar-refractivity contribution in [2.45, 2.75) is 32.4 Å². The van der Waals surface area contributed by atoms with Gasteiger partial charge in [-0.15, -0.1) is 11.3 Å². The molecule has 13 heteroatoms. The van der Waals surface area contributed by atoms with E-state index in [0.29, 0.717) is 10.6 Å². The molecule has 0 spiro atoms. The van der Waals surface area contributed by atoms with Gasteiger partial charge in [0.25, 0.3) is 5.91 Å². The zero-order valence-corrected chi connectivity index (χ0v) is 22.0. The van der Waals surface area contributed by atoms with Gasteiger partial charge in [0.2, 0.25) is 0 Å². The van der Waals surface area contributed by atoms with Gasteiger partial charge in [0.1, 0.15) is 15.6 Å². The average molecular weight is 554 g/mol. The van der Waals surface area contributed by atoms with Crippen LogP contribution in [-0.2, 0) is 4.79 Å². The number of hydrogen-bond donors (Lipinski definition) is 1. The van der Waals surface area contributed by atoms with Crippen molar-refractivity contribution in [3.63, 3.8) is 0 Å². The van der Waals surface area contributed by atoms with E-state index in [1.54, 1.807) is 6.20 Å². The fourth-order valence-corrected chi connectivity index (χ4v) is 5.31. The summed E-state index contributed by atoms with van der Waals surface area (Å²) in [6, 6.07) is 6.30. The first kappa shape index (κ1) is 27.8. The average Bonchev–Trinajstić information content (AvgIpc) is 3.47. The first-order valence-corrected chi connectivity index (χ1v) is 13.2. The lowest BCUT2D eigenvalue weighted by molar-refractivity contribution is -0.192. The second-order valence-electron chi connectivity index (χ2n) is 9.66. The Morgan fingerprint density at radius 2 is 1.82 bits per heavy atom. The molecular weight excluding hydrogens is 523 g/mol. The molecule has 1 amide bonds. The van der Waals surface area contributed by atoms with Crippen molar-refractivity contribution in [2.24, 2.45) is 5.92 Å². The van der Waals surface area contributed by atoms with E-state index in [1.807, 2.05) is 4.90 Å². The van der Waals surface area contributed by atoms with Gasteiger partial charge in [-0.2, -0.15) is 13.2 Å². The van der Waals surface area contributed by atoms with E-state index in [4.69, 9.17) is 14.4 Å². The fourth-order valence-electron chi connectivity index (χ4n) is 4.43. The molecule has 2 saturated heterocycles. The fraction of sp³-hybridized carbons (Fsp3) is 0.520. The van der Waals surface area contributed by atoms with Crippen LogP contribution < -0.4 is 4.90 Å². The van der Waals surface area contributed by atoms with Crippen LogP contribution in [0.25, 0.3) is 21.7 Å². The number of fused-ring (bicyclic) bond motifs is 1. The summed E-state index contributed by atoms with van der Waals surface area (Å²) in [4.78, 5) is 33.7. The minimum absolute atomic E-state index is 0.0634. The number of benzene rings is 1. The van der Waals surface area contributed by atoms with Crippen molar-refractivity contribution in [1.82, 2.24) is 19.9 Å². The van der Waals surface area contributed by atoms with Crippen LogP contribution in [0.1, 0.15) is 35.9 Å². The maximum Gasteiger partial charge on any atom is 0.490 e. The van der Waals surface area contributed by atoms with E-state index in [2.05, 4.69) is 52.1 Å². The molecule has 0 unspecified atom stereocenters. The Morgan fingerprint density at radius 1 is 1.11 bits per heavy atom. The van der Waals surface area contributed by atoms with Gasteiger partial charge in [0, 0.05) is 44.5 Å². The number of aliphatic carboxylic acids is 1. The van der Waals surface area contributed by atoms with Crippen molar-refractivity contribution in [3.05, 3.63) is 29.3 Å². The minimum Gasteiger partial charge on any atom is -0.475 e. The number of alkyl halides is 3. The highest BCUT2D eigenvalue weighted by Gasteiger charge is 2.38. The summed E-state index contributed by atoms with van der Waals surface area (Å²) in [5, 5.41) is 13.1. The van der Waals surface area contributed by atoms with Gasteiger partial charge in [-0.3, -0.25) is 4.79 Å². The molecule has 38 heavy (non-hydrogen) atoms. The molecule has 0 aliphatic carbocycles. The molecule has 4 heterocycles. The summed E-state index contributed by atoms with van der Waals surface area (Å²) < 4.78 is 37.4. The van der Waals surface area contributed by atoms with Crippen LogP contribution in [-0.4, -0.2) is 89.4 Å². The third-order valence-corrected chi connectivity index (χ3v) is 7.76. The number of rotatable bonds is 3. The van der Waals surface area contributed by atoms with Gasteiger partial charge >= 0.3 is 12.1 Å². The Labute approximate surface area is 221 Å². The van der Waals surface area contributed by atoms with Crippen LogP contribution in [0.4, 0.5) is 18.9 Å². The number of carbonyl (C=O) groups is 2. The highest BCUT2D eigenvalue weighted by atomic mass is 32.1. The number of halogens is 3.